The quantitative estimate of drug-likeness (QED) is 0.752. The second-order valence-corrected chi connectivity index (χ2v) is 3.68. The lowest BCUT2D eigenvalue weighted by Crippen LogP contribution is -2.29. The van der Waals surface area contributed by atoms with Crippen molar-refractivity contribution in [3.05, 3.63) is 16.6 Å². The van der Waals surface area contributed by atoms with Gasteiger partial charge in [-0.05, 0) is 6.92 Å². The molecule has 12 heavy (non-hydrogen) atoms. The molecule has 1 aromatic heterocycles. The second kappa shape index (κ2) is 5.24. The molecule has 1 N–H and O–H groups in total. The lowest BCUT2D eigenvalue weighted by atomic mass is 10.3. The van der Waals surface area contributed by atoms with Crippen LogP contribution in [0.25, 0.3) is 0 Å². The van der Waals surface area contributed by atoms with Gasteiger partial charge in [-0.25, -0.2) is 0 Å². The Kier molecular flexibility index (Phi) is 4.21. The van der Waals surface area contributed by atoms with Crippen molar-refractivity contribution in [3.8, 4) is 0 Å². The molecular formula is C8H14N2OS. The van der Waals surface area contributed by atoms with Crippen molar-refractivity contribution in [3.63, 3.8) is 0 Å². The Hall–Kier alpha value is -0.450. The number of hydrogen-bond donors (Lipinski definition) is 1. The van der Waals surface area contributed by atoms with Crippen LogP contribution in [0, 0.1) is 0 Å². The predicted molar refractivity (Wildman–Crippen MR) is 50.3 cm³/mol. The minimum absolute atomic E-state index is 0.400. The van der Waals surface area contributed by atoms with Crippen LogP contribution in [0.15, 0.2) is 11.7 Å². The van der Waals surface area contributed by atoms with E-state index in [-0.39, 0.29) is 0 Å². The minimum Gasteiger partial charge on any atom is -0.383 e. The summed E-state index contributed by atoms with van der Waals surface area (Å²) in [5, 5.41) is 3.33. The Balaban J connectivity index is 2.17. The van der Waals surface area contributed by atoms with E-state index >= 15 is 0 Å². The van der Waals surface area contributed by atoms with E-state index in [1.165, 1.54) is 4.88 Å². The van der Waals surface area contributed by atoms with Crippen LogP contribution in [0.3, 0.4) is 0 Å². The fourth-order valence-corrected chi connectivity index (χ4v) is 1.46. The van der Waals surface area contributed by atoms with Crippen LogP contribution in [-0.4, -0.2) is 24.7 Å². The number of thiazole rings is 1. The standard InChI is InChI=1S/C8H14N2OS/c1-7(5-11-2)10-4-8-3-9-6-12-8/h3,6-7,10H,4-5H2,1-2H3/t7-/m1/s1. The predicted octanol–water partition coefficient (Wildman–Crippen LogP) is 1.27. The molecule has 0 aliphatic carbocycles. The third-order valence-corrected chi connectivity index (χ3v) is 2.30. The van der Waals surface area contributed by atoms with Crippen molar-refractivity contribution in [2.75, 3.05) is 13.7 Å². The number of aromatic nitrogens is 1. The van der Waals surface area contributed by atoms with E-state index in [4.69, 9.17) is 4.74 Å². The maximum atomic E-state index is 5.00. The van der Waals surface area contributed by atoms with Gasteiger partial charge in [-0.3, -0.25) is 4.98 Å². The average molecular weight is 186 g/mol. The van der Waals surface area contributed by atoms with Gasteiger partial charge in [-0.15, -0.1) is 11.3 Å². The molecule has 0 amide bonds. The molecule has 0 radical (unpaired) electrons. The highest BCUT2D eigenvalue weighted by Gasteiger charge is 2.00. The third kappa shape index (κ3) is 3.30. The van der Waals surface area contributed by atoms with E-state index in [1.807, 2.05) is 11.7 Å². The molecule has 3 nitrogen and oxygen atoms in total. The summed E-state index contributed by atoms with van der Waals surface area (Å²) >= 11 is 1.67. The molecule has 1 rings (SSSR count). The Morgan fingerprint density at radius 2 is 2.58 bits per heavy atom. The van der Waals surface area contributed by atoms with E-state index in [0.29, 0.717) is 6.04 Å². The minimum atomic E-state index is 0.400. The highest BCUT2D eigenvalue weighted by molar-refractivity contribution is 7.09. The first-order chi connectivity index (χ1) is 5.83. The number of rotatable bonds is 5. The molecule has 0 saturated heterocycles. The van der Waals surface area contributed by atoms with E-state index in [9.17, 15) is 0 Å². The van der Waals surface area contributed by atoms with Crippen molar-refractivity contribution in [1.29, 1.82) is 0 Å². The van der Waals surface area contributed by atoms with Crippen LogP contribution < -0.4 is 5.32 Å². The van der Waals surface area contributed by atoms with E-state index in [0.717, 1.165) is 13.2 Å². The molecule has 68 valence electrons. The summed E-state index contributed by atoms with van der Waals surface area (Å²) in [5.74, 6) is 0. The van der Waals surface area contributed by atoms with Gasteiger partial charge in [0.05, 0.1) is 12.1 Å². The van der Waals surface area contributed by atoms with Crippen LogP contribution in [0.2, 0.25) is 0 Å². The number of nitrogens with zero attached hydrogens (tertiary/aromatic N) is 1. The molecule has 0 unspecified atom stereocenters. The fraction of sp³-hybridized carbons (Fsp3) is 0.625. The number of nitrogens with one attached hydrogen (secondary N) is 1. The van der Waals surface area contributed by atoms with Gasteiger partial charge >= 0.3 is 0 Å². The molecule has 4 heteroatoms. The van der Waals surface area contributed by atoms with Crippen molar-refractivity contribution in [2.45, 2.75) is 19.5 Å². The van der Waals surface area contributed by atoms with Gasteiger partial charge in [0, 0.05) is 30.8 Å². The highest BCUT2D eigenvalue weighted by Crippen LogP contribution is 2.04. The first kappa shape index (κ1) is 9.64. The molecule has 1 heterocycles. The Labute approximate surface area is 76.8 Å². The molecule has 0 fully saturated rings. The van der Waals surface area contributed by atoms with Gasteiger partial charge in [0.15, 0.2) is 0 Å². The van der Waals surface area contributed by atoms with Crippen molar-refractivity contribution in [1.82, 2.24) is 10.3 Å². The summed E-state index contributed by atoms with van der Waals surface area (Å²) in [6.07, 6.45) is 1.89. The van der Waals surface area contributed by atoms with Gasteiger partial charge in [0.1, 0.15) is 0 Å². The lowest BCUT2D eigenvalue weighted by molar-refractivity contribution is 0.172. The topological polar surface area (TPSA) is 34.1 Å². The Morgan fingerprint density at radius 1 is 1.75 bits per heavy atom. The number of hydrogen-bond acceptors (Lipinski definition) is 4. The molecule has 0 spiro atoms. The smallest absolute Gasteiger partial charge is 0.0794 e. The summed E-state index contributed by atoms with van der Waals surface area (Å²) in [5.41, 5.74) is 1.85. The van der Waals surface area contributed by atoms with E-state index in [2.05, 4.69) is 17.2 Å². The van der Waals surface area contributed by atoms with Crippen LogP contribution in [0.4, 0.5) is 0 Å². The van der Waals surface area contributed by atoms with Crippen molar-refractivity contribution in [2.24, 2.45) is 0 Å². The zero-order chi connectivity index (χ0) is 8.81. The van der Waals surface area contributed by atoms with Crippen molar-refractivity contribution >= 4 is 11.3 Å². The highest BCUT2D eigenvalue weighted by atomic mass is 32.1. The Bertz CT molecular complexity index is 201. The first-order valence-corrected chi connectivity index (χ1v) is 4.80. The lowest BCUT2D eigenvalue weighted by Gasteiger charge is -2.10. The second-order valence-electron chi connectivity index (χ2n) is 2.71. The molecule has 0 aromatic carbocycles. The maximum absolute atomic E-state index is 5.00. The van der Waals surface area contributed by atoms with Crippen LogP contribution in [0.5, 0.6) is 0 Å². The van der Waals surface area contributed by atoms with Crippen LogP contribution in [-0.2, 0) is 11.3 Å². The fourth-order valence-electron chi connectivity index (χ4n) is 0.913. The summed E-state index contributed by atoms with van der Waals surface area (Å²) < 4.78 is 5.00. The molecule has 0 saturated carbocycles. The zero-order valence-electron chi connectivity index (χ0n) is 7.41. The summed E-state index contributed by atoms with van der Waals surface area (Å²) in [7, 11) is 1.71. The molecule has 0 bridgehead atoms. The Morgan fingerprint density at radius 3 is 3.17 bits per heavy atom. The van der Waals surface area contributed by atoms with Gasteiger partial charge < -0.3 is 10.1 Å². The molecular weight excluding hydrogens is 172 g/mol. The third-order valence-electron chi connectivity index (χ3n) is 1.52. The van der Waals surface area contributed by atoms with Gasteiger partial charge in [-0.1, -0.05) is 0 Å². The van der Waals surface area contributed by atoms with Gasteiger partial charge in [0.25, 0.3) is 0 Å². The van der Waals surface area contributed by atoms with E-state index in [1.54, 1.807) is 18.4 Å². The van der Waals surface area contributed by atoms with Crippen LogP contribution >= 0.6 is 11.3 Å². The van der Waals surface area contributed by atoms with Crippen molar-refractivity contribution < 1.29 is 4.74 Å². The van der Waals surface area contributed by atoms with E-state index < -0.39 is 0 Å². The normalized spacial score (nSPS) is 13.2. The molecule has 1 atom stereocenters. The summed E-state index contributed by atoms with van der Waals surface area (Å²) in [6.45, 7) is 3.73. The monoisotopic (exact) mass is 186 g/mol. The molecule has 0 aliphatic heterocycles. The van der Waals surface area contributed by atoms with Gasteiger partial charge in [0.2, 0.25) is 0 Å². The van der Waals surface area contributed by atoms with Crippen LogP contribution in [0.1, 0.15) is 11.8 Å². The SMILES string of the molecule is COC[C@@H](C)NCc1cncs1. The molecule has 1 aromatic rings. The largest absolute Gasteiger partial charge is 0.383 e. The number of methoxy groups -OCH3 is 1. The summed E-state index contributed by atoms with van der Waals surface area (Å²) in [4.78, 5) is 5.26. The van der Waals surface area contributed by atoms with Gasteiger partial charge in [-0.2, -0.15) is 0 Å². The first-order valence-electron chi connectivity index (χ1n) is 3.92. The molecule has 0 aliphatic rings. The number of ether oxygens (including phenoxy) is 1. The average Bonchev–Trinajstić information content (AvgIpc) is 2.53. The summed E-state index contributed by atoms with van der Waals surface area (Å²) in [6, 6.07) is 0.400. The zero-order valence-corrected chi connectivity index (χ0v) is 8.23. The maximum Gasteiger partial charge on any atom is 0.0794 e.